The normalized spacial score (nSPS) is 23.6. The number of carbonyl (C=O) groups is 1. The van der Waals surface area contributed by atoms with E-state index in [-0.39, 0.29) is 11.9 Å². The number of benzene rings is 2. The molecule has 0 radical (unpaired) electrons. The van der Waals surface area contributed by atoms with E-state index >= 15 is 0 Å². The summed E-state index contributed by atoms with van der Waals surface area (Å²) in [4.78, 5) is 18.1. The maximum absolute atomic E-state index is 13.4. The highest BCUT2D eigenvalue weighted by Crippen LogP contribution is 2.49. The van der Waals surface area contributed by atoms with Gasteiger partial charge in [0.05, 0.1) is 21.8 Å². The minimum Gasteiger partial charge on any atom is -0.349 e. The van der Waals surface area contributed by atoms with Crippen LogP contribution in [0, 0.1) is 17.8 Å². The van der Waals surface area contributed by atoms with Crippen LogP contribution in [0.3, 0.4) is 0 Å². The minimum atomic E-state index is -0.0461. The Morgan fingerprint density at radius 1 is 1.10 bits per heavy atom. The first-order valence-corrected chi connectivity index (χ1v) is 11.4. The first-order chi connectivity index (χ1) is 14.5. The molecule has 4 unspecified atom stereocenters. The van der Waals surface area contributed by atoms with Crippen molar-refractivity contribution in [2.45, 2.75) is 38.6 Å². The summed E-state index contributed by atoms with van der Waals surface area (Å²) in [7, 11) is 0. The maximum atomic E-state index is 13.4. The van der Waals surface area contributed by atoms with Gasteiger partial charge >= 0.3 is 0 Å². The molecule has 3 aromatic rings. The van der Waals surface area contributed by atoms with Gasteiger partial charge in [0.1, 0.15) is 0 Å². The lowest BCUT2D eigenvalue weighted by molar-refractivity contribution is 0.0917. The molecule has 5 heteroatoms. The Labute approximate surface area is 186 Å². The van der Waals surface area contributed by atoms with Crippen LogP contribution >= 0.6 is 23.2 Å². The lowest BCUT2D eigenvalue weighted by atomic mass is 9.84. The molecule has 0 spiro atoms. The summed E-state index contributed by atoms with van der Waals surface area (Å²) in [6.07, 6.45) is 5.26. The van der Waals surface area contributed by atoms with Gasteiger partial charge in [-0.05, 0) is 74.3 Å². The smallest absolute Gasteiger partial charge is 0.252 e. The quantitative estimate of drug-likeness (QED) is 0.488. The molecular weight excluding hydrogens is 415 g/mol. The molecule has 2 fully saturated rings. The van der Waals surface area contributed by atoms with Crippen molar-refractivity contribution in [3.8, 4) is 11.3 Å². The highest BCUT2D eigenvalue weighted by Gasteiger charge is 2.42. The summed E-state index contributed by atoms with van der Waals surface area (Å²) in [5, 5.41) is 5.24. The van der Waals surface area contributed by atoms with Gasteiger partial charge in [-0.2, -0.15) is 0 Å². The monoisotopic (exact) mass is 438 g/mol. The highest BCUT2D eigenvalue weighted by molar-refractivity contribution is 6.36. The van der Waals surface area contributed by atoms with E-state index in [0.29, 0.717) is 27.2 Å². The molecule has 2 aliphatic rings. The molecule has 3 nitrogen and oxygen atoms in total. The highest BCUT2D eigenvalue weighted by atomic mass is 35.5. The predicted octanol–water partition coefficient (Wildman–Crippen LogP) is 6.76. The summed E-state index contributed by atoms with van der Waals surface area (Å²) in [6, 6.07) is 15.1. The lowest BCUT2D eigenvalue weighted by Crippen LogP contribution is -2.40. The Bertz CT molecular complexity index is 1130. The molecule has 2 bridgehead atoms. The van der Waals surface area contributed by atoms with Crippen molar-refractivity contribution in [3.63, 3.8) is 0 Å². The second-order valence-corrected chi connectivity index (χ2v) is 9.64. The van der Waals surface area contributed by atoms with Crippen molar-refractivity contribution in [1.82, 2.24) is 10.3 Å². The van der Waals surface area contributed by atoms with Crippen LogP contribution in [0.15, 0.2) is 48.5 Å². The molecule has 2 aromatic carbocycles. The first kappa shape index (κ1) is 19.8. The van der Waals surface area contributed by atoms with Crippen LogP contribution in [0.2, 0.25) is 10.0 Å². The number of aromatic nitrogens is 1. The Balaban J connectivity index is 1.50. The minimum absolute atomic E-state index is 0.0461. The fraction of sp³-hybridized carbons (Fsp3) is 0.360. The van der Waals surface area contributed by atoms with Gasteiger partial charge in [0.15, 0.2) is 0 Å². The van der Waals surface area contributed by atoms with Crippen LogP contribution in [0.1, 0.15) is 43.0 Å². The summed E-state index contributed by atoms with van der Waals surface area (Å²) in [5.41, 5.74) is 2.85. The van der Waals surface area contributed by atoms with E-state index in [1.807, 2.05) is 36.4 Å². The van der Waals surface area contributed by atoms with Crippen LogP contribution in [-0.2, 0) is 0 Å². The number of hydrogen-bond donors (Lipinski definition) is 1. The number of para-hydroxylation sites is 1. The summed E-state index contributed by atoms with van der Waals surface area (Å²) in [6.45, 7) is 2.16. The fourth-order valence-corrected chi connectivity index (χ4v) is 6.00. The van der Waals surface area contributed by atoms with E-state index in [1.54, 1.807) is 12.1 Å². The largest absolute Gasteiger partial charge is 0.349 e. The SMILES string of the molecule is CC(NC(=O)c1cc(-c2ccc(Cl)cc2Cl)nc2ccccc12)C1CC2CCC1C2. The number of carbonyl (C=O) groups excluding carboxylic acids is 1. The van der Waals surface area contributed by atoms with Gasteiger partial charge in [0.25, 0.3) is 5.91 Å². The second-order valence-electron chi connectivity index (χ2n) is 8.80. The van der Waals surface area contributed by atoms with Crippen LogP contribution in [0.5, 0.6) is 0 Å². The number of fused-ring (bicyclic) bond motifs is 3. The number of amides is 1. The van der Waals surface area contributed by atoms with Gasteiger partial charge in [-0.1, -0.05) is 47.8 Å². The number of pyridine rings is 1. The van der Waals surface area contributed by atoms with E-state index < -0.39 is 0 Å². The molecule has 1 amide bonds. The molecule has 0 saturated heterocycles. The van der Waals surface area contributed by atoms with Crippen molar-refractivity contribution >= 4 is 40.0 Å². The van der Waals surface area contributed by atoms with Gasteiger partial charge in [-0.25, -0.2) is 4.98 Å². The van der Waals surface area contributed by atoms with Crippen molar-refractivity contribution in [2.75, 3.05) is 0 Å². The molecular formula is C25H24Cl2N2O. The van der Waals surface area contributed by atoms with Crippen LogP contribution in [0.25, 0.3) is 22.2 Å². The Morgan fingerprint density at radius 3 is 2.67 bits per heavy atom. The van der Waals surface area contributed by atoms with Crippen LogP contribution in [-0.4, -0.2) is 16.9 Å². The van der Waals surface area contributed by atoms with E-state index in [2.05, 4.69) is 12.2 Å². The molecule has 1 heterocycles. The third-order valence-electron chi connectivity index (χ3n) is 6.96. The summed E-state index contributed by atoms with van der Waals surface area (Å²) >= 11 is 12.5. The number of nitrogens with one attached hydrogen (secondary N) is 1. The number of halogens is 2. The Hall–Kier alpha value is -2.10. The third kappa shape index (κ3) is 3.59. The van der Waals surface area contributed by atoms with Crippen molar-refractivity contribution < 1.29 is 4.79 Å². The number of hydrogen-bond acceptors (Lipinski definition) is 2. The topological polar surface area (TPSA) is 42.0 Å². The first-order valence-electron chi connectivity index (χ1n) is 10.7. The number of nitrogens with zero attached hydrogens (tertiary/aromatic N) is 1. The molecule has 30 heavy (non-hydrogen) atoms. The Kier molecular flexibility index (Phi) is 5.20. The van der Waals surface area contributed by atoms with Gasteiger partial charge in [0.2, 0.25) is 0 Å². The van der Waals surface area contributed by atoms with Gasteiger partial charge in [0, 0.05) is 22.0 Å². The molecule has 0 aliphatic heterocycles. The van der Waals surface area contributed by atoms with E-state index in [9.17, 15) is 4.79 Å². The van der Waals surface area contributed by atoms with Gasteiger partial charge < -0.3 is 5.32 Å². The zero-order chi connectivity index (χ0) is 20.8. The number of rotatable bonds is 4. The van der Waals surface area contributed by atoms with Crippen molar-refractivity contribution in [2.24, 2.45) is 17.8 Å². The standard InChI is InChI=1S/C25H24Cl2N2O/c1-14(20-11-15-6-7-16(20)10-15)28-25(30)21-13-24(19-9-8-17(26)12-22(19)27)29-23-5-3-2-4-18(21)23/h2-5,8-9,12-16,20H,6-7,10-11H2,1H3,(H,28,30). The molecule has 1 aromatic heterocycles. The van der Waals surface area contributed by atoms with Crippen molar-refractivity contribution in [3.05, 3.63) is 64.1 Å². The maximum Gasteiger partial charge on any atom is 0.252 e. The molecule has 2 aliphatic carbocycles. The average Bonchev–Trinajstić information content (AvgIpc) is 3.36. The lowest BCUT2D eigenvalue weighted by Gasteiger charge is -2.28. The second kappa shape index (κ2) is 7.86. The van der Waals surface area contributed by atoms with E-state index in [1.165, 1.54) is 25.7 Å². The van der Waals surface area contributed by atoms with Crippen molar-refractivity contribution in [1.29, 1.82) is 0 Å². The van der Waals surface area contributed by atoms with E-state index in [0.717, 1.165) is 28.3 Å². The molecule has 154 valence electrons. The van der Waals surface area contributed by atoms with Crippen LogP contribution in [0.4, 0.5) is 0 Å². The zero-order valence-corrected chi connectivity index (χ0v) is 18.4. The van der Waals surface area contributed by atoms with E-state index in [4.69, 9.17) is 28.2 Å². The molecule has 4 atom stereocenters. The summed E-state index contributed by atoms with van der Waals surface area (Å²) in [5.74, 6) is 2.17. The summed E-state index contributed by atoms with van der Waals surface area (Å²) < 4.78 is 0. The molecule has 1 N–H and O–H groups in total. The predicted molar refractivity (Wildman–Crippen MR) is 123 cm³/mol. The third-order valence-corrected chi connectivity index (χ3v) is 7.51. The average molecular weight is 439 g/mol. The zero-order valence-electron chi connectivity index (χ0n) is 16.9. The fourth-order valence-electron chi connectivity index (χ4n) is 5.50. The Morgan fingerprint density at radius 2 is 1.93 bits per heavy atom. The van der Waals surface area contributed by atoms with Crippen LogP contribution < -0.4 is 5.32 Å². The van der Waals surface area contributed by atoms with Gasteiger partial charge in [-0.15, -0.1) is 0 Å². The van der Waals surface area contributed by atoms with Gasteiger partial charge in [-0.3, -0.25) is 4.79 Å². The molecule has 5 rings (SSSR count). The molecule has 2 saturated carbocycles.